The quantitative estimate of drug-likeness (QED) is 0.350. The SMILES string of the molecule is CCOC(=O)CSC(S)=C(C#N)C#N.[Na]. The molecule has 0 unspecified atom stereocenters. The molecule has 0 atom stereocenters. The summed E-state index contributed by atoms with van der Waals surface area (Å²) in [6.07, 6.45) is 0. The first-order valence-electron chi connectivity index (χ1n) is 3.67. The number of hydrogen-bond donors (Lipinski definition) is 1. The van der Waals surface area contributed by atoms with Crippen LogP contribution in [0.15, 0.2) is 9.81 Å². The molecular formula is C8H8N2NaO2S2. The van der Waals surface area contributed by atoms with Crippen molar-refractivity contribution in [2.75, 3.05) is 12.4 Å². The van der Waals surface area contributed by atoms with E-state index in [0.29, 0.717) is 6.61 Å². The number of carbonyl (C=O) groups excluding carboxylic acids is 1. The third-order valence-corrected chi connectivity index (χ3v) is 2.54. The van der Waals surface area contributed by atoms with Crippen LogP contribution in [0.2, 0.25) is 0 Å². The molecule has 0 fully saturated rings. The van der Waals surface area contributed by atoms with Crippen LogP contribution in [-0.4, -0.2) is 47.9 Å². The summed E-state index contributed by atoms with van der Waals surface area (Å²) in [7, 11) is 0. The number of rotatable bonds is 4. The Kier molecular flexibility index (Phi) is 12.0. The van der Waals surface area contributed by atoms with Crippen LogP contribution in [0.1, 0.15) is 6.92 Å². The summed E-state index contributed by atoms with van der Waals surface area (Å²) in [5, 5.41) is 16.9. The molecule has 0 saturated heterocycles. The third kappa shape index (κ3) is 7.78. The fourth-order valence-electron chi connectivity index (χ4n) is 0.523. The van der Waals surface area contributed by atoms with E-state index in [1.807, 2.05) is 0 Å². The Morgan fingerprint density at radius 3 is 2.40 bits per heavy atom. The Morgan fingerprint density at radius 2 is 2.00 bits per heavy atom. The molecule has 0 saturated carbocycles. The zero-order valence-electron chi connectivity index (χ0n) is 8.48. The summed E-state index contributed by atoms with van der Waals surface area (Å²) in [5.41, 5.74) is -0.0948. The van der Waals surface area contributed by atoms with Gasteiger partial charge in [-0.15, -0.1) is 24.4 Å². The predicted molar refractivity (Wildman–Crippen MR) is 62.1 cm³/mol. The Bertz CT molecular complexity index is 315. The Morgan fingerprint density at radius 1 is 1.47 bits per heavy atom. The van der Waals surface area contributed by atoms with Crippen molar-refractivity contribution in [2.45, 2.75) is 6.92 Å². The van der Waals surface area contributed by atoms with E-state index in [1.54, 1.807) is 19.1 Å². The molecule has 0 aliphatic carbocycles. The number of ether oxygens (including phenoxy) is 1. The molecule has 0 amide bonds. The molecule has 4 nitrogen and oxygen atoms in total. The number of allylic oxidation sites excluding steroid dienone is 1. The van der Waals surface area contributed by atoms with Crippen molar-refractivity contribution < 1.29 is 9.53 Å². The predicted octanol–water partition coefficient (Wildman–Crippen LogP) is 1.09. The van der Waals surface area contributed by atoms with E-state index in [1.165, 1.54) is 0 Å². The Labute approximate surface area is 120 Å². The van der Waals surface area contributed by atoms with Crippen molar-refractivity contribution in [2.24, 2.45) is 0 Å². The van der Waals surface area contributed by atoms with Gasteiger partial charge in [-0.1, -0.05) is 0 Å². The van der Waals surface area contributed by atoms with Crippen LogP contribution < -0.4 is 0 Å². The number of nitriles is 2. The molecule has 0 aromatic rings. The second-order valence-electron chi connectivity index (χ2n) is 2.00. The van der Waals surface area contributed by atoms with Crippen LogP contribution in [0.5, 0.6) is 0 Å². The van der Waals surface area contributed by atoms with E-state index in [2.05, 4.69) is 17.4 Å². The van der Waals surface area contributed by atoms with Crippen molar-refractivity contribution in [1.29, 1.82) is 10.5 Å². The van der Waals surface area contributed by atoms with Gasteiger partial charge in [-0.25, -0.2) is 0 Å². The van der Waals surface area contributed by atoms with E-state index < -0.39 is 0 Å². The van der Waals surface area contributed by atoms with E-state index in [-0.39, 0.29) is 51.1 Å². The van der Waals surface area contributed by atoms with Crippen molar-refractivity contribution >= 4 is 59.9 Å². The smallest absolute Gasteiger partial charge is 0.316 e. The molecule has 0 heterocycles. The van der Waals surface area contributed by atoms with Crippen LogP contribution in [0.25, 0.3) is 0 Å². The number of esters is 1. The van der Waals surface area contributed by atoms with Crippen LogP contribution in [0, 0.1) is 22.7 Å². The Balaban J connectivity index is 0. The summed E-state index contributed by atoms with van der Waals surface area (Å²) in [4.78, 5) is 10.9. The molecule has 75 valence electrons. The van der Waals surface area contributed by atoms with Gasteiger partial charge in [0.25, 0.3) is 0 Å². The summed E-state index contributed by atoms with van der Waals surface area (Å²) < 4.78 is 4.90. The van der Waals surface area contributed by atoms with Gasteiger partial charge < -0.3 is 4.74 Å². The normalized spacial score (nSPS) is 7.73. The summed E-state index contributed by atoms with van der Waals surface area (Å²) in [5.74, 6) is -0.334. The van der Waals surface area contributed by atoms with Crippen LogP contribution in [-0.2, 0) is 9.53 Å². The third-order valence-electron chi connectivity index (χ3n) is 1.07. The van der Waals surface area contributed by atoms with Crippen molar-refractivity contribution in [3.05, 3.63) is 9.81 Å². The zero-order chi connectivity index (χ0) is 11.0. The zero-order valence-corrected chi connectivity index (χ0v) is 12.2. The second kappa shape index (κ2) is 10.4. The van der Waals surface area contributed by atoms with Gasteiger partial charge in [0.1, 0.15) is 17.7 Å². The molecule has 0 bridgehead atoms. The van der Waals surface area contributed by atoms with Crippen molar-refractivity contribution in [3.8, 4) is 12.1 Å². The molecule has 1 radical (unpaired) electrons. The van der Waals surface area contributed by atoms with Gasteiger partial charge in [0.2, 0.25) is 0 Å². The van der Waals surface area contributed by atoms with Gasteiger partial charge in [-0.05, 0) is 6.92 Å². The van der Waals surface area contributed by atoms with Gasteiger partial charge >= 0.3 is 5.97 Å². The summed E-state index contributed by atoms with van der Waals surface area (Å²) in [6, 6.07) is 3.35. The standard InChI is InChI=1S/C8H8N2O2S2.Na/c1-2-12-7(11)5-14-8(13)6(3-9)4-10;/h13H,2,5H2,1H3;. The maximum atomic E-state index is 10.9. The molecule has 0 aliphatic rings. The van der Waals surface area contributed by atoms with E-state index in [0.717, 1.165) is 11.8 Å². The van der Waals surface area contributed by atoms with Gasteiger partial charge in [-0.2, -0.15) is 10.5 Å². The number of thiol groups is 1. The fourth-order valence-corrected chi connectivity index (χ4v) is 1.39. The number of carbonyl (C=O) groups is 1. The van der Waals surface area contributed by atoms with E-state index in [4.69, 9.17) is 10.5 Å². The average Bonchev–Trinajstić information content (AvgIpc) is 2.17. The van der Waals surface area contributed by atoms with Crippen molar-refractivity contribution in [1.82, 2.24) is 0 Å². The Hall–Kier alpha value is -0.110. The van der Waals surface area contributed by atoms with Gasteiger partial charge in [0, 0.05) is 29.6 Å². The van der Waals surface area contributed by atoms with Crippen molar-refractivity contribution in [3.63, 3.8) is 0 Å². The minimum atomic E-state index is -0.390. The first kappa shape index (κ1) is 17.3. The summed E-state index contributed by atoms with van der Waals surface area (Å²) in [6.45, 7) is 2.02. The van der Waals surface area contributed by atoms with Crippen LogP contribution in [0.4, 0.5) is 0 Å². The maximum Gasteiger partial charge on any atom is 0.316 e. The van der Waals surface area contributed by atoms with Gasteiger partial charge in [0.15, 0.2) is 0 Å². The fraction of sp³-hybridized carbons (Fsp3) is 0.375. The number of hydrogen-bond acceptors (Lipinski definition) is 6. The molecule has 0 spiro atoms. The first-order chi connectivity index (χ1) is 6.65. The average molecular weight is 251 g/mol. The molecule has 0 N–H and O–H groups in total. The van der Waals surface area contributed by atoms with Gasteiger partial charge in [0.05, 0.1) is 16.6 Å². The molecule has 15 heavy (non-hydrogen) atoms. The molecule has 0 rings (SSSR count). The molecule has 0 aromatic heterocycles. The minimum Gasteiger partial charge on any atom is -0.465 e. The monoisotopic (exact) mass is 251 g/mol. The molecule has 0 aliphatic heterocycles. The summed E-state index contributed by atoms with van der Waals surface area (Å²) >= 11 is 4.92. The number of thioether (sulfide) groups is 1. The molecule has 7 heteroatoms. The first-order valence-corrected chi connectivity index (χ1v) is 5.10. The molecule has 0 aromatic carbocycles. The van der Waals surface area contributed by atoms with Crippen LogP contribution in [0.3, 0.4) is 0 Å². The topological polar surface area (TPSA) is 73.9 Å². The minimum absolute atomic E-state index is 0. The largest absolute Gasteiger partial charge is 0.465 e. The second-order valence-corrected chi connectivity index (χ2v) is 3.73. The van der Waals surface area contributed by atoms with E-state index in [9.17, 15) is 4.79 Å². The van der Waals surface area contributed by atoms with Gasteiger partial charge in [-0.3, -0.25) is 4.79 Å². The maximum absolute atomic E-state index is 10.9. The van der Waals surface area contributed by atoms with E-state index >= 15 is 0 Å². The van der Waals surface area contributed by atoms with Crippen LogP contribution >= 0.6 is 24.4 Å². The number of nitrogens with zero attached hydrogens (tertiary/aromatic N) is 2. The molecular weight excluding hydrogens is 243 g/mol.